The van der Waals surface area contributed by atoms with Crippen LogP contribution in [0.3, 0.4) is 0 Å². The number of aromatic nitrogens is 2. The Hall–Kier alpha value is -3.26. The van der Waals surface area contributed by atoms with Crippen molar-refractivity contribution in [3.63, 3.8) is 0 Å². The molecule has 0 unspecified atom stereocenters. The van der Waals surface area contributed by atoms with E-state index in [1.165, 1.54) is 17.0 Å². The molecule has 1 aliphatic rings. The van der Waals surface area contributed by atoms with E-state index in [1.807, 2.05) is 35.7 Å². The van der Waals surface area contributed by atoms with Crippen LogP contribution in [0.4, 0.5) is 5.95 Å². The monoisotopic (exact) mass is 508 g/mol. The number of benzene rings is 2. The molecule has 0 aliphatic carbocycles. The van der Waals surface area contributed by atoms with E-state index in [4.69, 9.17) is 23.2 Å². The van der Waals surface area contributed by atoms with Crippen molar-refractivity contribution < 1.29 is 9.59 Å². The molecular formula is C25H18Cl2N4O2S. The highest BCUT2D eigenvalue weighted by molar-refractivity contribution is 7.13. The quantitative estimate of drug-likeness (QED) is 0.368. The molecule has 0 saturated heterocycles. The molecule has 6 nitrogen and oxygen atoms in total. The third-order valence-corrected chi connectivity index (χ3v) is 6.86. The van der Waals surface area contributed by atoms with Crippen LogP contribution in [0.2, 0.25) is 10.0 Å². The summed E-state index contributed by atoms with van der Waals surface area (Å²) in [4.78, 5) is 37.3. The first kappa shape index (κ1) is 22.5. The standard InChI is InChI=1S/C25H18Cl2N4O2S/c26-19-10-17(11-20(27)12-19)23(32)30-25-28-13-18-14-31(8-7-21(18)29-25)24(33)16-5-3-15(4-6-16)22-2-1-9-34-22/h1-6,9-13H,7-8,14H2,(H,28,29,30,32). The molecule has 0 fully saturated rings. The van der Waals surface area contributed by atoms with Crippen LogP contribution in [-0.4, -0.2) is 33.2 Å². The van der Waals surface area contributed by atoms with Crippen molar-refractivity contribution in [3.8, 4) is 10.4 Å². The third-order valence-electron chi connectivity index (χ3n) is 5.51. The van der Waals surface area contributed by atoms with Crippen LogP contribution in [-0.2, 0) is 13.0 Å². The Bertz CT molecular complexity index is 1350. The van der Waals surface area contributed by atoms with E-state index in [0.29, 0.717) is 40.7 Å². The zero-order valence-electron chi connectivity index (χ0n) is 17.8. The lowest BCUT2D eigenvalue weighted by Crippen LogP contribution is -2.36. The number of nitrogens with one attached hydrogen (secondary N) is 1. The number of fused-ring (bicyclic) bond motifs is 1. The van der Waals surface area contributed by atoms with E-state index < -0.39 is 5.91 Å². The second-order valence-corrected chi connectivity index (χ2v) is 9.63. The number of hydrogen-bond acceptors (Lipinski definition) is 5. The summed E-state index contributed by atoms with van der Waals surface area (Å²) in [6, 6.07) is 16.4. The first-order valence-electron chi connectivity index (χ1n) is 10.5. The first-order chi connectivity index (χ1) is 16.5. The Labute approximate surface area is 210 Å². The van der Waals surface area contributed by atoms with Gasteiger partial charge in [-0.25, -0.2) is 9.97 Å². The van der Waals surface area contributed by atoms with E-state index in [2.05, 4.69) is 21.4 Å². The van der Waals surface area contributed by atoms with Crippen molar-refractivity contribution in [1.29, 1.82) is 0 Å². The zero-order valence-corrected chi connectivity index (χ0v) is 20.1. The predicted molar refractivity (Wildman–Crippen MR) is 135 cm³/mol. The zero-order chi connectivity index (χ0) is 23.7. The number of halogens is 2. The molecule has 2 amide bonds. The number of nitrogens with zero attached hydrogens (tertiary/aromatic N) is 3. The second kappa shape index (κ2) is 9.54. The second-order valence-electron chi connectivity index (χ2n) is 7.81. The van der Waals surface area contributed by atoms with E-state index in [-0.39, 0.29) is 11.9 Å². The summed E-state index contributed by atoms with van der Waals surface area (Å²) in [7, 11) is 0. The minimum absolute atomic E-state index is 0.0291. The summed E-state index contributed by atoms with van der Waals surface area (Å²) in [5.74, 6) is -0.231. The molecule has 1 aliphatic heterocycles. The highest BCUT2D eigenvalue weighted by Gasteiger charge is 2.24. The molecule has 1 N–H and O–H groups in total. The number of rotatable bonds is 4. The van der Waals surface area contributed by atoms with Gasteiger partial charge in [-0.3, -0.25) is 14.9 Å². The lowest BCUT2D eigenvalue weighted by molar-refractivity contribution is 0.0733. The lowest BCUT2D eigenvalue weighted by Gasteiger charge is -2.28. The highest BCUT2D eigenvalue weighted by atomic mass is 35.5. The molecular weight excluding hydrogens is 491 g/mol. The summed E-state index contributed by atoms with van der Waals surface area (Å²) >= 11 is 13.6. The minimum atomic E-state index is -0.400. The van der Waals surface area contributed by atoms with Gasteiger partial charge in [-0.05, 0) is 47.3 Å². The van der Waals surface area contributed by atoms with Crippen molar-refractivity contribution in [3.05, 3.63) is 98.6 Å². The Morgan fingerprint density at radius 3 is 2.47 bits per heavy atom. The molecule has 3 heterocycles. The van der Waals surface area contributed by atoms with E-state index in [0.717, 1.165) is 16.8 Å². The molecule has 2 aromatic heterocycles. The molecule has 0 spiro atoms. The van der Waals surface area contributed by atoms with Gasteiger partial charge in [0.25, 0.3) is 11.8 Å². The topological polar surface area (TPSA) is 75.2 Å². The average molecular weight is 509 g/mol. The third kappa shape index (κ3) is 4.82. The van der Waals surface area contributed by atoms with E-state index >= 15 is 0 Å². The molecule has 9 heteroatoms. The maximum absolute atomic E-state index is 13.0. The average Bonchev–Trinajstić information content (AvgIpc) is 3.38. The Morgan fingerprint density at radius 1 is 1.00 bits per heavy atom. The molecule has 0 saturated carbocycles. The van der Waals surface area contributed by atoms with E-state index in [1.54, 1.807) is 28.5 Å². The van der Waals surface area contributed by atoms with Crippen molar-refractivity contribution in [2.75, 3.05) is 11.9 Å². The van der Waals surface area contributed by atoms with Gasteiger partial charge in [-0.1, -0.05) is 41.4 Å². The maximum atomic E-state index is 13.0. The van der Waals surface area contributed by atoms with Gasteiger partial charge in [0.1, 0.15) is 0 Å². The molecule has 0 atom stereocenters. The van der Waals surface area contributed by atoms with Gasteiger partial charge in [0.15, 0.2) is 0 Å². The highest BCUT2D eigenvalue weighted by Crippen LogP contribution is 2.26. The molecule has 2 aromatic carbocycles. The number of anilines is 1. The molecule has 34 heavy (non-hydrogen) atoms. The fourth-order valence-electron chi connectivity index (χ4n) is 3.81. The van der Waals surface area contributed by atoms with Crippen LogP contribution in [0.1, 0.15) is 32.0 Å². The number of hydrogen-bond donors (Lipinski definition) is 1. The summed E-state index contributed by atoms with van der Waals surface area (Å²) in [6.07, 6.45) is 2.23. The fourth-order valence-corrected chi connectivity index (χ4v) is 5.07. The summed E-state index contributed by atoms with van der Waals surface area (Å²) < 4.78 is 0. The maximum Gasteiger partial charge on any atom is 0.258 e. The number of amides is 2. The molecule has 4 aromatic rings. The van der Waals surface area contributed by atoms with Gasteiger partial charge in [0.05, 0.1) is 5.69 Å². The normalized spacial score (nSPS) is 12.8. The SMILES string of the molecule is O=C(Nc1ncc2c(n1)CCN(C(=O)c1ccc(-c3cccs3)cc1)C2)c1cc(Cl)cc(Cl)c1. The van der Waals surface area contributed by atoms with Gasteiger partial charge in [0.2, 0.25) is 5.95 Å². The minimum Gasteiger partial charge on any atom is -0.334 e. The van der Waals surface area contributed by atoms with E-state index in [9.17, 15) is 9.59 Å². The van der Waals surface area contributed by atoms with Crippen LogP contribution in [0.25, 0.3) is 10.4 Å². The number of carbonyl (C=O) groups is 2. The number of carbonyl (C=O) groups excluding carboxylic acids is 2. The van der Waals surface area contributed by atoms with Gasteiger partial charge < -0.3 is 4.90 Å². The summed E-state index contributed by atoms with van der Waals surface area (Å²) in [6.45, 7) is 0.950. The van der Waals surface area contributed by atoms with Crippen LogP contribution in [0.15, 0.2) is 66.2 Å². The van der Waals surface area contributed by atoms with Gasteiger partial charge in [-0.15, -0.1) is 11.3 Å². The van der Waals surface area contributed by atoms with Gasteiger partial charge >= 0.3 is 0 Å². The predicted octanol–water partition coefficient (Wildman–Crippen LogP) is 5.96. The van der Waals surface area contributed by atoms with Gasteiger partial charge in [0, 0.05) is 57.3 Å². The number of thiophene rings is 1. The van der Waals surface area contributed by atoms with Crippen molar-refractivity contribution in [1.82, 2.24) is 14.9 Å². The largest absolute Gasteiger partial charge is 0.334 e. The van der Waals surface area contributed by atoms with Crippen LogP contribution >= 0.6 is 34.5 Å². The van der Waals surface area contributed by atoms with Crippen LogP contribution in [0.5, 0.6) is 0 Å². The summed E-state index contributed by atoms with van der Waals surface area (Å²) in [5, 5.41) is 5.45. The van der Waals surface area contributed by atoms with Crippen LogP contribution in [0, 0.1) is 0 Å². The molecule has 0 bridgehead atoms. The molecule has 0 radical (unpaired) electrons. The van der Waals surface area contributed by atoms with Gasteiger partial charge in [-0.2, -0.15) is 0 Å². The van der Waals surface area contributed by atoms with Crippen LogP contribution < -0.4 is 5.32 Å². The van der Waals surface area contributed by atoms with Crippen molar-refractivity contribution >= 4 is 52.3 Å². The van der Waals surface area contributed by atoms with Crippen molar-refractivity contribution in [2.24, 2.45) is 0 Å². The lowest BCUT2D eigenvalue weighted by atomic mass is 10.0. The Kier molecular flexibility index (Phi) is 6.32. The summed E-state index contributed by atoms with van der Waals surface area (Å²) in [5.41, 5.74) is 3.73. The Balaban J connectivity index is 1.26. The van der Waals surface area contributed by atoms with Crippen molar-refractivity contribution in [2.45, 2.75) is 13.0 Å². The Morgan fingerprint density at radius 2 is 1.76 bits per heavy atom. The smallest absolute Gasteiger partial charge is 0.258 e. The first-order valence-corrected chi connectivity index (χ1v) is 12.2. The fraction of sp³-hybridized carbons (Fsp3) is 0.120. The molecule has 5 rings (SSSR count). The molecule has 170 valence electrons.